The van der Waals surface area contributed by atoms with Gasteiger partial charge in [-0.15, -0.1) is 0 Å². The van der Waals surface area contributed by atoms with Gasteiger partial charge in [-0.05, 0) is 80.5 Å². The van der Waals surface area contributed by atoms with Crippen molar-refractivity contribution in [1.29, 1.82) is 0 Å². The maximum atomic E-state index is 12.9. The van der Waals surface area contributed by atoms with Crippen molar-refractivity contribution in [3.63, 3.8) is 0 Å². The average Bonchev–Trinajstić information content (AvgIpc) is 2.94. The minimum absolute atomic E-state index is 0.0612. The van der Waals surface area contributed by atoms with Gasteiger partial charge in [-0.3, -0.25) is 9.59 Å². The monoisotopic (exact) mass is 608 g/mol. The number of carbonyl (C=O) groups excluding carboxylic acids is 2. The first-order chi connectivity index (χ1) is 19.9. The second-order valence-electron chi connectivity index (χ2n) is 10.2. The highest BCUT2D eigenvalue weighted by molar-refractivity contribution is 7.88. The number of unbranched alkanes of at least 4 members (excludes halogenated alkanes) is 1. The van der Waals surface area contributed by atoms with Crippen LogP contribution in [0, 0.1) is 0 Å². The first-order valence-corrected chi connectivity index (χ1v) is 16.0. The predicted octanol–water partition coefficient (Wildman–Crippen LogP) is 1.80. The van der Waals surface area contributed by atoms with E-state index >= 15 is 0 Å². The molecule has 0 aliphatic carbocycles. The molecule has 2 aromatic carbocycles. The number of phenols is 4. The highest BCUT2D eigenvalue weighted by atomic mass is 32.2. The molecule has 13 heteroatoms. The topological polar surface area (TPSA) is 194 Å². The number of aromatic hydroxyl groups is 4. The Morgan fingerprint density at radius 2 is 1.29 bits per heavy atom. The van der Waals surface area contributed by atoms with Crippen LogP contribution in [0.3, 0.4) is 0 Å². The third-order valence-electron chi connectivity index (χ3n) is 6.79. The van der Waals surface area contributed by atoms with E-state index in [1.54, 1.807) is 17.0 Å². The van der Waals surface area contributed by atoms with E-state index in [-0.39, 0.29) is 54.2 Å². The number of benzene rings is 2. The molecule has 0 spiro atoms. The van der Waals surface area contributed by atoms with Gasteiger partial charge >= 0.3 is 0 Å². The van der Waals surface area contributed by atoms with Gasteiger partial charge in [-0.25, -0.2) is 12.7 Å². The van der Waals surface area contributed by atoms with Gasteiger partial charge in [-0.2, -0.15) is 0 Å². The Balaban J connectivity index is 1.74. The first kappa shape index (κ1) is 34.7. The molecule has 0 atom stereocenters. The normalized spacial score (nSPS) is 11.5. The summed E-state index contributed by atoms with van der Waals surface area (Å²) in [5.41, 5.74) is 7.08. The Morgan fingerprint density at radius 3 is 1.83 bits per heavy atom. The number of nitrogens with zero attached hydrogens (tertiary/aromatic N) is 2. The fourth-order valence-electron chi connectivity index (χ4n) is 4.37. The maximum absolute atomic E-state index is 12.9. The molecule has 0 fully saturated rings. The van der Waals surface area contributed by atoms with Gasteiger partial charge in [0.2, 0.25) is 21.8 Å². The molecule has 7 N–H and O–H groups in total. The summed E-state index contributed by atoms with van der Waals surface area (Å²) in [4.78, 5) is 26.7. The summed E-state index contributed by atoms with van der Waals surface area (Å²) in [7, 11) is -3.46. The number of hydrogen-bond donors (Lipinski definition) is 6. The van der Waals surface area contributed by atoms with Crippen molar-refractivity contribution in [3.05, 3.63) is 47.5 Å². The molecule has 0 aliphatic rings. The van der Waals surface area contributed by atoms with Crippen molar-refractivity contribution in [2.45, 2.75) is 51.4 Å². The molecular formula is C29H44N4O8S. The van der Waals surface area contributed by atoms with E-state index < -0.39 is 10.0 Å². The third-order valence-corrected chi connectivity index (χ3v) is 8.10. The summed E-state index contributed by atoms with van der Waals surface area (Å²) in [6.07, 6.45) is 4.60. The molecule has 0 saturated carbocycles. The van der Waals surface area contributed by atoms with Crippen LogP contribution in [-0.4, -0.2) is 95.4 Å². The number of aryl methyl sites for hydroxylation is 2. The van der Waals surface area contributed by atoms with Crippen LogP contribution >= 0.6 is 0 Å². The van der Waals surface area contributed by atoms with E-state index in [0.29, 0.717) is 76.8 Å². The molecule has 0 aliphatic heterocycles. The van der Waals surface area contributed by atoms with Gasteiger partial charge in [0.1, 0.15) is 0 Å². The van der Waals surface area contributed by atoms with Crippen LogP contribution in [0.15, 0.2) is 36.4 Å². The molecule has 0 aromatic heterocycles. The lowest BCUT2D eigenvalue weighted by molar-refractivity contribution is -0.131. The van der Waals surface area contributed by atoms with Crippen molar-refractivity contribution < 1.29 is 38.4 Å². The Kier molecular flexibility index (Phi) is 14.4. The molecule has 12 nitrogen and oxygen atoms in total. The van der Waals surface area contributed by atoms with Crippen molar-refractivity contribution >= 4 is 21.8 Å². The maximum Gasteiger partial charge on any atom is 0.222 e. The number of carbonyl (C=O) groups is 2. The number of hydrogen-bond acceptors (Lipinski definition) is 9. The minimum Gasteiger partial charge on any atom is -0.504 e. The molecule has 0 heterocycles. The molecule has 0 bridgehead atoms. The number of phenolic OH excluding ortho intramolecular Hbond substituents is 4. The van der Waals surface area contributed by atoms with Gasteiger partial charge in [-0.1, -0.05) is 12.1 Å². The molecule has 42 heavy (non-hydrogen) atoms. The number of nitrogens with one attached hydrogen (secondary N) is 1. The highest BCUT2D eigenvalue weighted by Crippen LogP contribution is 2.26. The van der Waals surface area contributed by atoms with Crippen LogP contribution in [0.2, 0.25) is 0 Å². The number of amides is 2. The van der Waals surface area contributed by atoms with Gasteiger partial charge < -0.3 is 36.4 Å². The van der Waals surface area contributed by atoms with Crippen LogP contribution in [0.1, 0.15) is 49.7 Å². The summed E-state index contributed by atoms with van der Waals surface area (Å²) in [6.45, 7) is 2.26. The fraction of sp³-hybridized carbons (Fsp3) is 0.517. The SMILES string of the molecule is CS(=O)(=O)N(CCCCN(CCCN)C(=O)CCc1ccc(O)c(O)c1)CCCNC(=O)CCc1ccc(O)c(O)c1. The molecule has 0 radical (unpaired) electrons. The summed E-state index contributed by atoms with van der Waals surface area (Å²) >= 11 is 0. The Morgan fingerprint density at radius 1 is 0.762 bits per heavy atom. The second kappa shape index (κ2) is 17.4. The van der Waals surface area contributed by atoms with Crippen molar-refractivity contribution in [3.8, 4) is 23.0 Å². The molecule has 2 rings (SSSR count). The van der Waals surface area contributed by atoms with E-state index in [0.717, 1.165) is 11.8 Å². The van der Waals surface area contributed by atoms with E-state index in [2.05, 4.69) is 5.32 Å². The Bertz CT molecular complexity index is 1270. The number of sulfonamides is 1. The first-order valence-electron chi connectivity index (χ1n) is 14.1. The average molecular weight is 609 g/mol. The van der Waals surface area contributed by atoms with Crippen LogP contribution in [0.25, 0.3) is 0 Å². The second-order valence-corrected chi connectivity index (χ2v) is 12.2. The van der Waals surface area contributed by atoms with Crippen LogP contribution < -0.4 is 11.1 Å². The van der Waals surface area contributed by atoms with Crippen LogP contribution in [-0.2, 0) is 32.5 Å². The van der Waals surface area contributed by atoms with Crippen LogP contribution in [0.5, 0.6) is 23.0 Å². The van der Waals surface area contributed by atoms with Gasteiger partial charge in [0.05, 0.1) is 6.26 Å². The lowest BCUT2D eigenvalue weighted by atomic mass is 10.1. The molecular weight excluding hydrogens is 564 g/mol. The lowest BCUT2D eigenvalue weighted by Gasteiger charge is -2.24. The van der Waals surface area contributed by atoms with E-state index in [1.165, 1.54) is 28.6 Å². The molecule has 2 amide bonds. The van der Waals surface area contributed by atoms with E-state index in [1.807, 2.05) is 0 Å². The van der Waals surface area contributed by atoms with Crippen molar-refractivity contribution in [2.24, 2.45) is 5.73 Å². The summed E-state index contributed by atoms with van der Waals surface area (Å²) in [5, 5.41) is 40.8. The highest BCUT2D eigenvalue weighted by Gasteiger charge is 2.18. The largest absolute Gasteiger partial charge is 0.504 e. The Labute approximate surface area is 247 Å². The minimum atomic E-state index is -3.46. The van der Waals surface area contributed by atoms with Crippen molar-refractivity contribution in [1.82, 2.24) is 14.5 Å². The number of rotatable bonds is 19. The predicted molar refractivity (Wildman–Crippen MR) is 160 cm³/mol. The smallest absolute Gasteiger partial charge is 0.222 e. The van der Waals surface area contributed by atoms with Gasteiger partial charge in [0, 0.05) is 45.6 Å². The molecule has 2 aromatic rings. The lowest BCUT2D eigenvalue weighted by Crippen LogP contribution is -2.36. The van der Waals surface area contributed by atoms with E-state index in [9.17, 15) is 38.4 Å². The molecule has 0 saturated heterocycles. The zero-order valence-corrected chi connectivity index (χ0v) is 25.0. The fourth-order valence-corrected chi connectivity index (χ4v) is 5.29. The van der Waals surface area contributed by atoms with Gasteiger partial charge in [0.15, 0.2) is 23.0 Å². The summed E-state index contributed by atoms with van der Waals surface area (Å²) < 4.78 is 26.0. The van der Waals surface area contributed by atoms with Crippen molar-refractivity contribution in [2.75, 3.05) is 45.5 Å². The summed E-state index contributed by atoms with van der Waals surface area (Å²) in [6, 6.07) is 8.87. The summed E-state index contributed by atoms with van der Waals surface area (Å²) in [5.74, 6) is -1.17. The van der Waals surface area contributed by atoms with E-state index in [4.69, 9.17) is 5.73 Å². The number of nitrogens with two attached hydrogens (primary N) is 1. The Hall–Kier alpha value is -3.55. The zero-order chi connectivity index (χ0) is 31.1. The van der Waals surface area contributed by atoms with Crippen LogP contribution in [0.4, 0.5) is 0 Å². The standard InChI is InChI=1S/C29H44N4O8S/c1-42(40,41)33(19-5-15-31-28(38)12-8-22-6-10-24(34)26(36)20-22)18-3-2-16-32(17-4-14-30)29(39)13-9-23-7-11-25(35)27(37)21-23/h6-7,10-11,20-21,34-37H,2-5,8-9,12-19,30H2,1H3,(H,31,38). The quantitative estimate of drug-likeness (QED) is 0.102. The zero-order valence-electron chi connectivity index (χ0n) is 24.2. The molecule has 234 valence electrons. The third kappa shape index (κ3) is 12.5. The van der Waals surface area contributed by atoms with Gasteiger partial charge in [0.25, 0.3) is 0 Å². The molecule has 0 unspecified atom stereocenters.